The predicted molar refractivity (Wildman–Crippen MR) is 77.0 cm³/mol. The van der Waals surface area contributed by atoms with E-state index in [4.69, 9.17) is 4.74 Å². The van der Waals surface area contributed by atoms with Gasteiger partial charge in [0.25, 0.3) is 0 Å². The molecule has 102 valence electrons. The molecule has 0 saturated heterocycles. The van der Waals surface area contributed by atoms with E-state index in [1.165, 1.54) is 5.56 Å². The van der Waals surface area contributed by atoms with E-state index in [2.05, 4.69) is 43.2 Å². The number of nitrogens with zero attached hydrogens (tertiary/aromatic N) is 1. The lowest BCUT2D eigenvalue weighted by molar-refractivity contribution is 0.256. The second kappa shape index (κ2) is 7.39. The minimum absolute atomic E-state index is 0.528. The van der Waals surface area contributed by atoms with Gasteiger partial charge in [0.2, 0.25) is 0 Å². The minimum Gasteiger partial charge on any atom is -0.497 e. The van der Waals surface area contributed by atoms with Crippen LogP contribution in [0.4, 0.5) is 0 Å². The predicted octanol–water partition coefficient (Wildman–Crippen LogP) is 2.37. The maximum atomic E-state index is 5.25. The summed E-state index contributed by atoms with van der Waals surface area (Å²) in [6.45, 7) is 6.49. The lowest BCUT2D eigenvalue weighted by Gasteiger charge is -2.26. The number of rotatable bonds is 7. The van der Waals surface area contributed by atoms with Crippen LogP contribution >= 0.6 is 0 Å². The van der Waals surface area contributed by atoms with E-state index in [9.17, 15) is 0 Å². The van der Waals surface area contributed by atoms with Gasteiger partial charge < -0.3 is 15.0 Å². The SMILES string of the molecule is CNC(CN(C)Cc1cccc(OC)c1)C(C)C. The van der Waals surface area contributed by atoms with Crippen molar-refractivity contribution in [1.29, 1.82) is 0 Å². The zero-order valence-corrected chi connectivity index (χ0v) is 12.2. The van der Waals surface area contributed by atoms with Crippen molar-refractivity contribution in [2.75, 3.05) is 27.7 Å². The highest BCUT2D eigenvalue weighted by atomic mass is 16.5. The second-order valence-electron chi connectivity index (χ2n) is 5.19. The molecule has 3 nitrogen and oxygen atoms in total. The fourth-order valence-electron chi connectivity index (χ4n) is 2.12. The average molecular weight is 250 g/mol. The van der Waals surface area contributed by atoms with Crippen LogP contribution in [0.5, 0.6) is 5.75 Å². The molecule has 1 N–H and O–H groups in total. The van der Waals surface area contributed by atoms with Crippen molar-refractivity contribution in [3.63, 3.8) is 0 Å². The molecular formula is C15H26N2O. The van der Waals surface area contributed by atoms with Gasteiger partial charge in [-0.05, 0) is 37.7 Å². The van der Waals surface area contributed by atoms with Crippen LogP contribution in [-0.2, 0) is 6.54 Å². The zero-order valence-electron chi connectivity index (χ0n) is 12.2. The van der Waals surface area contributed by atoms with Crippen molar-refractivity contribution in [3.8, 4) is 5.75 Å². The van der Waals surface area contributed by atoms with Gasteiger partial charge in [0, 0.05) is 19.1 Å². The molecule has 0 aromatic heterocycles. The number of nitrogens with one attached hydrogen (secondary N) is 1. The van der Waals surface area contributed by atoms with E-state index >= 15 is 0 Å². The molecule has 0 heterocycles. The van der Waals surface area contributed by atoms with Crippen molar-refractivity contribution in [2.24, 2.45) is 5.92 Å². The molecule has 0 fully saturated rings. The van der Waals surface area contributed by atoms with Crippen LogP contribution in [0.15, 0.2) is 24.3 Å². The highest BCUT2D eigenvalue weighted by Crippen LogP contribution is 2.14. The number of hydrogen-bond donors (Lipinski definition) is 1. The smallest absolute Gasteiger partial charge is 0.119 e. The summed E-state index contributed by atoms with van der Waals surface area (Å²) >= 11 is 0. The summed E-state index contributed by atoms with van der Waals surface area (Å²) < 4.78 is 5.25. The highest BCUT2D eigenvalue weighted by Gasteiger charge is 2.13. The molecule has 0 aliphatic heterocycles. The first-order valence-corrected chi connectivity index (χ1v) is 6.55. The Balaban J connectivity index is 2.55. The van der Waals surface area contributed by atoms with E-state index in [1.807, 2.05) is 19.2 Å². The standard InChI is InChI=1S/C15H26N2O/c1-12(2)15(16-3)11-17(4)10-13-7-6-8-14(9-13)18-5/h6-9,12,15-16H,10-11H2,1-5H3. The Kier molecular flexibility index (Phi) is 6.16. The summed E-state index contributed by atoms with van der Waals surface area (Å²) in [5.41, 5.74) is 1.29. The summed E-state index contributed by atoms with van der Waals surface area (Å²) in [5, 5.41) is 3.37. The Labute approximate surface area is 111 Å². The molecule has 0 radical (unpaired) electrons. The average Bonchev–Trinajstić information content (AvgIpc) is 2.35. The van der Waals surface area contributed by atoms with Crippen LogP contribution in [0.2, 0.25) is 0 Å². The van der Waals surface area contributed by atoms with Crippen molar-refractivity contribution >= 4 is 0 Å². The topological polar surface area (TPSA) is 24.5 Å². The Morgan fingerprint density at radius 3 is 2.61 bits per heavy atom. The van der Waals surface area contributed by atoms with Gasteiger partial charge in [-0.1, -0.05) is 26.0 Å². The minimum atomic E-state index is 0.528. The highest BCUT2D eigenvalue weighted by molar-refractivity contribution is 5.28. The van der Waals surface area contributed by atoms with E-state index in [0.717, 1.165) is 18.8 Å². The van der Waals surface area contributed by atoms with Gasteiger partial charge in [0.05, 0.1) is 7.11 Å². The first-order valence-electron chi connectivity index (χ1n) is 6.55. The Hall–Kier alpha value is -1.06. The molecule has 1 aromatic rings. The number of ether oxygens (including phenoxy) is 1. The molecule has 1 rings (SSSR count). The van der Waals surface area contributed by atoms with Crippen LogP contribution in [0.3, 0.4) is 0 Å². The van der Waals surface area contributed by atoms with Crippen molar-refractivity contribution in [1.82, 2.24) is 10.2 Å². The third kappa shape index (κ3) is 4.67. The lowest BCUT2D eigenvalue weighted by Crippen LogP contribution is -2.40. The fourth-order valence-corrected chi connectivity index (χ4v) is 2.12. The van der Waals surface area contributed by atoms with Crippen molar-refractivity contribution in [2.45, 2.75) is 26.4 Å². The number of methoxy groups -OCH3 is 1. The van der Waals surface area contributed by atoms with Crippen LogP contribution < -0.4 is 10.1 Å². The Morgan fingerprint density at radius 1 is 1.33 bits per heavy atom. The summed E-state index contributed by atoms with van der Waals surface area (Å²) in [6, 6.07) is 8.79. The van der Waals surface area contributed by atoms with Crippen LogP contribution in [-0.4, -0.2) is 38.7 Å². The Morgan fingerprint density at radius 2 is 2.06 bits per heavy atom. The van der Waals surface area contributed by atoms with Gasteiger partial charge in [-0.2, -0.15) is 0 Å². The quantitative estimate of drug-likeness (QED) is 0.804. The molecule has 0 aliphatic carbocycles. The van der Waals surface area contributed by atoms with Gasteiger partial charge in [0.15, 0.2) is 0 Å². The van der Waals surface area contributed by atoms with Crippen LogP contribution in [0.25, 0.3) is 0 Å². The molecule has 1 atom stereocenters. The number of likely N-dealkylation sites (N-methyl/N-ethyl adjacent to an activating group) is 2. The molecule has 0 amide bonds. The third-order valence-corrected chi connectivity index (χ3v) is 3.27. The molecule has 0 spiro atoms. The first-order chi connectivity index (χ1) is 8.56. The van der Waals surface area contributed by atoms with Crippen LogP contribution in [0.1, 0.15) is 19.4 Å². The molecule has 0 bridgehead atoms. The van der Waals surface area contributed by atoms with E-state index in [1.54, 1.807) is 7.11 Å². The Bertz CT molecular complexity index is 352. The molecule has 0 saturated carbocycles. The largest absolute Gasteiger partial charge is 0.497 e. The van der Waals surface area contributed by atoms with E-state index in [0.29, 0.717) is 12.0 Å². The molecule has 3 heteroatoms. The normalized spacial score (nSPS) is 13.1. The first kappa shape index (κ1) is 15.0. The van der Waals surface area contributed by atoms with Gasteiger partial charge in [-0.3, -0.25) is 0 Å². The summed E-state index contributed by atoms with van der Waals surface area (Å²) in [6.07, 6.45) is 0. The molecule has 0 aliphatic rings. The molecule has 1 aromatic carbocycles. The number of benzene rings is 1. The van der Waals surface area contributed by atoms with E-state index in [-0.39, 0.29) is 0 Å². The maximum absolute atomic E-state index is 5.25. The molecular weight excluding hydrogens is 224 g/mol. The molecule has 1 unspecified atom stereocenters. The maximum Gasteiger partial charge on any atom is 0.119 e. The monoisotopic (exact) mass is 250 g/mol. The lowest BCUT2D eigenvalue weighted by atomic mass is 10.0. The van der Waals surface area contributed by atoms with Gasteiger partial charge >= 0.3 is 0 Å². The number of hydrogen-bond acceptors (Lipinski definition) is 3. The molecule has 18 heavy (non-hydrogen) atoms. The van der Waals surface area contributed by atoms with Gasteiger partial charge in [0.1, 0.15) is 5.75 Å². The van der Waals surface area contributed by atoms with Gasteiger partial charge in [-0.25, -0.2) is 0 Å². The van der Waals surface area contributed by atoms with Crippen LogP contribution in [0, 0.1) is 5.92 Å². The fraction of sp³-hybridized carbons (Fsp3) is 0.600. The summed E-state index contributed by atoms with van der Waals surface area (Å²) in [5.74, 6) is 1.57. The second-order valence-corrected chi connectivity index (χ2v) is 5.19. The van der Waals surface area contributed by atoms with Gasteiger partial charge in [-0.15, -0.1) is 0 Å². The van der Waals surface area contributed by atoms with Crippen molar-refractivity contribution in [3.05, 3.63) is 29.8 Å². The summed E-state index contributed by atoms with van der Waals surface area (Å²) in [7, 11) is 5.90. The van der Waals surface area contributed by atoms with Crippen molar-refractivity contribution < 1.29 is 4.74 Å². The summed E-state index contributed by atoms with van der Waals surface area (Å²) in [4.78, 5) is 2.34. The van der Waals surface area contributed by atoms with E-state index < -0.39 is 0 Å². The third-order valence-electron chi connectivity index (χ3n) is 3.27. The zero-order chi connectivity index (χ0) is 13.5.